The van der Waals surface area contributed by atoms with Gasteiger partial charge in [-0.3, -0.25) is 9.59 Å². The summed E-state index contributed by atoms with van der Waals surface area (Å²) in [6.45, 7) is -0.601. The quantitative estimate of drug-likeness (QED) is 0.249. The van der Waals surface area contributed by atoms with Crippen LogP contribution in [0.15, 0.2) is 42.8 Å². The van der Waals surface area contributed by atoms with Crippen molar-refractivity contribution in [3.05, 3.63) is 54.1 Å². The molecule has 0 bridgehead atoms. The van der Waals surface area contributed by atoms with Gasteiger partial charge in [0.2, 0.25) is 5.91 Å². The first-order valence-electron chi connectivity index (χ1n) is 10.8. The summed E-state index contributed by atoms with van der Waals surface area (Å²) in [4.78, 5) is 39.7. The Bertz CT molecular complexity index is 1030. The van der Waals surface area contributed by atoms with Crippen LogP contribution in [-0.4, -0.2) is 81.3 Å². The molecule has 7 N–H and O–H groups in total. The van der Waals surface area contributed by atoms with E-state index >= 15 is 0 Å². The van der Waals surface area contributed by atoms with Crippen LogP contribution in [-0.2, 0) is 4.79 Å². The van der Waals surface area contributed by atoms with Crippen LogP contribution < -0.4 is 21.7 Å². The second-order valence-corrected chi connectivity index (χ2v) is 8.03. The minimum Gasteiger partial charge on any atom is -0.394 e. The Hall–Kier alpha value is -3.61. The molecule has 2 atom stereocenters. The fraction of sp³-hybridized carbons (Fsp3) is 0.409. The number of nitrogens with zero attached hydrogens (tertiary/aromatic N) is 4. The minimum absolute atomic E-state index is 0.109. The van der Waals surface area contributed by atoms with E-state index in [0.717, 1.165) is 18.5 Å². The lowest BCUT2D eigenvalue weighted by Crippen LogP contribution is -2.49. The van der Waals surface area contributed by atoms with Gasteiger partial charge in [-0.2, -0.15) is 0 Å². The van der Waals surface area contributed by atoms with Crippen molar-refractivity contribution in [2.45, 2.75) is 30.9 Å². The summed E-state index contributed by atoms with van der Waals surface area (Å²) in [6.07, 6.45) is 6.89. The predicted molar refractivity (Wildman–Crippen MR) is 125 cm³/mol. The van der Waals surface area contributed by atoms with Gasteiger partial charge in [-0.25, -0.2) is 15.0 Å². The summed E-state index contributed by atoms with van der Waals surface area (Å²) in [5.74, 6) is -0.776. The van der Waals surface area contributed by atoms with E-state index in [1.54, 1.807) is 25.5 Å². The molecule has 0 aliphatic heterocycles. The minimum atomic E-state index is -1.22. The number of aromatic nitrogens is 3. The molecule has 1 saturated carbocycles. The SMILES string of the molecule is CN/C=C(/NC(=O)c1nc(C2CC2)ccc1Nc1cncnc1)C(N)C(=O)N(C)CC(O)CO. The largest absolute Gasteiger partial charge is 0.394 e. The third-order valence-electron chi connectivity index (χ3n) is 5.20. The number of aliphatic hydroxyl groups is 2. The molecule has 1 aliphatic rings. The van der Waals surface area contributed by atoms with E-state index in [9.17, 15) is 14.7 Å². The van der Waals surface area contributed by atoms with Crippen molar-refractivity contribution in [3.63, 3.8) is 0 Å². The van der Waals surface area contributed by atoms with Crippen molar-refractivity contribution in [1.82, 2.24) is 30.5 Å². The van der Waals surface area contributed by atoms with Gasteiger partial charge in [-0.05, 0) is 25.0 Å². The van der Waals surface area contributed by atoms with Crippen molar-refractivity contribution < 1.29 is 19.8 Å². The van der Waals surface area contributed by atoms with Crippen LogP contribution in [0.4, 0.5) is 11.4 Å². The van der Waals surface area contributed by atoms with Crippen molar-refractivity contribution >= 4 is 23.2 Å². The molecule has 0 saturated heterocycles. The first-order valence-corrected chi connectivity index (χ1v) is 10.8. The fourth-order valence-corrected chi connectivity index (χ4v) is 3.26. The summed E-state index contributed by atoms with van der Waals surface area (Å²) in [5, 5.41) is 27.2. The zero-order valence-electron chi connectivity index (χ0n) is 19.1. The number of rotatable bonds is 11. The fourth-order valence-electron chi connectivity index (χ4n) is 3.26. The Balaban J connectivity index is 1.82. The molecule has 1 aliphatic carbocycles. The maximum atomic E-state index is 13.3. The van der Waals surface area contributed by atoms with Gasteiger partial charge in [-0.1, -0.05) is 0 Å². The van der Waals surface area contributed by atoms with Crippen LogP contribution in [0.5, 0.6) is 0 Å². The van der Waals surface area contributed by atoms with Crippen molar-refractivity contribution in [2.24, 2.45) is 5.73 Å². The number of aliphatic hydroxyl groups excluding tert-OH is 2. The van der Waals surface area contributed by atoms with Gasteiger partial charge < -0.3 is 36.8 Å². The third-order valence-corrected chi connectivity index (χ3v) is 5.20. The van der Waals surface area contributed by atoms with Crippen LogP contribution in [0.3, 0.4) is 0 Å². The Morgan fingerprint density at radius 2 is 2.00 bits per heavy atom. The van der Waals surface area contributed by atoms with E-state index in [-0.39, 0.29) is 17.9 Å². The number of amides is 2. The van der Waals surface area contributed by atoms with Crippen LogP contribution in [0, 0.1) is 0 Å². The third kappa shape index (κ3) is 6.47. The lowest BCUT2D eigenvalue weighted by atomic mass is 10.1. The number of carbonyl (C=O) groups excluding carboxylic acids is 2. The molecule has 0 spiro atoms. The maximum Gasteiger partial charge on any atom is 0.276 e. The van der Waals surface area contributed by atoms with Gasteiger partial charge in [-0.15, -0.1) is 0 Å². The number of likely N-dealkylation sites (N-methyl/N-ethyl adjacent to an activating group) is 1. The Morgan fingerprint density at radius 3 is 2.62 bits per heavy atom. The molecular formula is C22H30N8O4. The summed E-state index contributed by atoms with van der Waals surface area (Å²) >= 11 is 0. The number of carbonyl (C=O) groups is 2. The first-order chi connectivity index (χ1) is 16.3. The highest BCUT2D eigenvalue weighted by atomic mass is 16.3. The van der Waals surface area contributed by atoms with Gasteiger partial charge in [0, 0.05) is 38.5 Å². The molecule has 0 aromatic carbocycles. The molecule has 2 aromatic heterocycles. The Labute approximate surface area is 197 Å². The highest BCUT2D eigenvalue weighted by Gasteiger charge is 2.29. The monoisotopic (exact) mass is 470 g/mol. The number of hydrogen-bond donors (Lipinski definition) is 6. The molecule has 12 heteroatoms. The van der Waals surface area contributed by atoms with E-state index in [4.69, 9.17) is 10.8 Å². The molecule has 2 heterocycles. The highest BCUT2D eigenvalue weighted by molar-refractivity contribution is 6.00. The van der Waals surface area contributed by atoms with Gasteiger partial charge in [0.05, 0.1) is 42.2 Å². The van der Waals surface area contributed by atoms with Crippen LogP contribution in [0.1, 0.15) is 34.9 Å². The summed E-state index contributed by atoms with van der Waals surface area (Å²) in [7, 11) is 3.06. The number of pyridine rings is 1. The zero-order chi connectivity index (χ0) is 24.7. The predicted octanol–water partition coefficient (Wildman–Crippen LogP) is -0.578. The molecule has 1 fully saturated rings. The molecule has 2 aromatic rings. The Morgan fingerprint density at radius 1 is 1.29 bits per heavy atom. The van der Waals surface area contributed by atoms with E-state index in [1.165, 1.54) is 24.5 Å². The summed E-state index contributed by atoms with van der Waals surface area (Å²) < 4.78 is 0. The zero-order valence-corrected chi connectivity index (χ0v) is 19.1. The molecule has 3 rings (SSSR count). The normalized spacial score (nSPS) is 15.3. The topological polar surface area (TPSA) is 179 Å². The van der Waals surface area contributed by atoms with E-state index in [1.807, 2.05) is 6.07 Å². The number of nitrogens with two attached hydrogens (primary N) is 1. The van der Waals surface area contributed by atoms with Gasteiger partial charge >= 0.3 is 0 Å². The highest BCUT2D eigenvalue weighted by Crippen LogP contribution is 2.39. The van der Waals surface area contributed by atoms with Crippen molar-refractivity contribution in [1.29, 1.82) is 0 Å². The van der Waals surface area contributed by atoms with Crippen LogP contribution in [0.25, 0.3) is 0 Å². The summed E-state index contributed by atoms with van der Waals surface area (Å²) in [5.41, 5.74) is 8.24. The van der Waals surface area contributed by atoms with E-state index in [2.05, 4.69) is 30.9 Å². The second-order valence-electron chi connectivity index (χ2n) is 8.03. The molecule has 0 radical (unpaired) electrons. The van der Waals surface area contributed by atoms with E-state index in [0.29, 0.717) is 17.3 Å². The average molecular weight is 471 g/mol. The average Bonchev–Trinajstić information content (AvgIpc) is 3.69. The van der Waals surface area contributed by atoms with Gasteiger partial charge in [0.1, 0.15) is 12.4 Å². The lowest BCUT2D eigenvalue weighted by Gasteiger charge is -2.25. The van der Waals surface area contributed by atoms with Crippen LogP contribution in [0.2, 0.25) is 0 Å². The van der Waals surface area contributed by atoms with Crippen molar-refractivity contribution in [2.75, 3.05) is 32.6 Å². The molecular weight excluding hydrogens is 440 g/mol. The first kappa shape index (κ1) is 25.0. The number of nitrogens with one attached hydrogen (secondary N) is 3. The van der Waals surface area contributed by atoms with Crippen LogP contribution >= 0.6 is 0 Å². The molecule has 2 unspecified atom stereocenters. The molecule has 2 amide bonds. The maximum absolute atomic E-state index is 13.3. The Kier molecular flexibility index (Phi) is 8.46. The second kappa shape index (κ2) is 11.5. The van der Waals surface area contributed by atoms with Gasteiger partial charge in [0.25, 0.3) is 5.91 Å². The number of anilines is 2. The standard InChI is InChI=1S/C22H30N8O4/c1-24-9-18(19(23)22(34)30(2)10-15(32)11-31)29-21(33)20-17(27-14-7-25-12-26-8-14)6-5-16(28-20)13-3-4-13/h5-9,12-13,15,19,24,27,31-32H,3-4,10-11,23H2,1-2H3,(H,29,33)/b18-9+. The van der Waals surface area contributed by atoms with Crippen molar-refractivity contribution in [3.8, 4) is 0 Å². The molecule has 12 nitrogen and oxygen atoms in total. The summed E-state index contributed by atoms with van der Waals surface area (Å²) in [6, 6.07) is 2.43. The van der Waals surface area contributed by atoms with Gasteiger partial charge in [0.15, 0.2) is 5.69 Å². The van der Waals surface area contributed by atoms with E-state index < -0.39 is 30.6 Å². The smallest absolute Gasteiger partial charge is 0.276 e. The lowest BCUT2D eigenvalue weighted by molar-refractivity contribution is -0.132. The molecule has 182 valence electrons. The molecule has 34 heavy (non-hydrogen) atoms. The number of hydrogen-bond acceptors (Lipinski definition) is 10.